The lowest BCUT2D eigenvalue weighted by Gasteiger charge is -2.39. The van der Waals surface area contributed by atoms with Crippen molar-refractivity contribution in [3.63, 3.8) is 0 Å². The van der Waals surface area contributed by atoms with Crippen LogP contribution in [0.2, 0.25) is 0 Å². The first-order valence-corrected chi connectivity index (χ1v) is 7.11. The highest BCUT2D eigenvalue weighted by Gasteiger charge is 2.33. The minimum atomic E-state index is -0.469. The summed E-state index contributed by atoms with van der Waals surface area (Å²) < 4.78 is 15.0. The van der Waals surface area contributed by atoms with E-state index in [0.29, 0.717) is 13.0 Å². The maximum atomic E-state index is 13.3. The number of likely N-dealkylation sites (tertiary alicyclic amines) is 1. The molecule has 0 spiro atoms. The van der Waals surface area contributed by atoms with Crippen LogP contribution in [-0.2, 0) is 0 Å². The summed E-state index contributed by atoms with van der Waals surface area (Å²) in [4.78, 5) is 13.4. The molecule has 2 N–H and O–H groups in total. The molecule has 1 aromatic heterocycles. The molecule has 1 aliphatic heterocycles. The summed E-state index contributed by atoms with van der Waals surface area (Å²) in [5, 5.41) is 11.2. The molecule has 3 rings (SSSR count). The van der Waals surface area contributed by atoms with E-state index in [0.717, 1.165) is 17.5 Å². The predicted molar refractivity (Wildman–Crippen MR) is 76.3 cm³/mol. The normalized spacial score (nSPS) is 21.8. The molecule has 7 nitrogen and oxygen atoms in total. The zero-order valence-corrected chi connectivity index (χ0v) is 12.2. The van der Waals surface area contributed by atoms with E-state index in [1.807, 2.05) is 6.92 Å². The third-order valence-corrected chi connectivity index (χ3v) is 4.19. The van der Waals surface area contributed by atoms with Crippen LogP contribution in [0.1, 0.15) is 36.1 Å². The molecule has 0 saturated carbocycles. The number of amides is 2. The van der Waals surface area contributed by atoms with Gasteiger partial charge in [0.1, 0.15) is 12.1 Å². The van der Waals surface area contributed by atoms with Gasteiger partial charge in [-0.2, -0.15) is 0 Å². The Bertz CT molecular complexity index is 674. The van der Waals surface area contributed by atoms with Crippen LogP contribution in [0.4, 0.5) is 9.18 Å². The molecule has 1 saturated heterocycles. The van der Waals surface area contributed by atoms with E-state index in [4.69, 9.17) is 5.73 Å². The fraction of sp³-hybridized carbons (Fsp3) is 0.429. The average Bonchev–Trinajstić information content (AvgIpc) is 3.00. The number of aryl methyl sites for hydroxylation is 1. The van der Waals surface area contributed by atoms with Gasteiger partial charge < -0.3 is 10.6 Å². The number of carbonyl (C=O) groups excluding carboxylic acids is 1. The molecule has 2 heterocycles. The van der Waals surface area contributed by atoms with Crippen molar-refractivity contribution in [3.05, 3.63) is 41.5 Å². The van der Waals surface area contributed by atoms with Gasteiger partial charge in [-0.15, -0.1) is 5.10 Å². The second-order valence-electron chi connectivity index (χ2n) is 5.52. The van der Waals surface area contributed by atoms with Gasteiger partial charge in [0.2, 0.25) is 0 Å². The number of piperidine rings is 1. The molecule has 2 atom stereocenters. The van der Waals surface area contributed by atoms with Gasteiger partial charge in [0.05, 0.1) is 12.1 Å². The van der Waals surface area contributed by atoms with E-state index in [-0.39, 0.29) is 17.9 Å². The van der Waals surface area contributed by atoms with Gasteiger partial charge in [0.25, 0.3) is 0 Å². The summed E-state index contributed by atoms with van der Waals surface area (Å²) in [5.74, 6) is -0.292. The Morgan fingerprint density at radius 1 is 1.45 bits per heavy atom. The van der Waals surface area contributed by atoms with Crippen molar-refractivity contribution >= 4 is 6.03 Å². The molecule has 2 amide bonds. The molecule has 0 aliphatic carbocycles. The molecule has 1 aromatic carbocycles. The Morgan fingerprint density at radius 2 is 2.27 bits per heavy atom. The van der Waals surface area contributed by atoms with E-state index in [1.54, 1.807) is 22.0 Å². The first-order chi connectivity index (χ1) is 10.6. The monoisotopic (exact) mass is 304 g/mol. The maximum absolute atomic E-state index is 13.3. The number of urea groups is 1. The van der Waals surface area contributed by atoms with Gasteiger partial charge >= 0.3 is 6.03 Å². The SMILES string of the molecule is Cc1cc(F)ccc1C1CC(n2cnnn2)CCN1C(N)=O. The maximum Gasteiger partial charge on any atom is 0.315 e. The summed E-state index contributed by atoms with van der Waals surface area (Å²) >= 11 is 0. The van der Waals surface area contributed by atoms with Crippen molar-refractivity contribution in [3.8, 4) is 0 Å². The molecule has 8 heteroatoms. The lowest BCUT2D eigenvalue weighted by Crippen LogP contribution is -2.44. The average molecular weight is 304 g/mol. The Labute approximate surface area is 126 Å². The number of nitrogens with zero attached hydrogens (tertiary/aromatic N) is 5. The second kappa shape index (κ2) is 5.70. The molecular formula is C14H17FN6O. The summed E-state index contributed by atoms with van der Waals surface area (Å²) in [6.07, 6.45) is 2.93. The zero-order chi connectivity index (χ0) is 15.7. The summed E-state index contributed by atoms with van der Waals surface area (Å²) in [7, 11) is 0. The van der Waals surface area contributed by atoms with Crippen LogP contribution in [0, 0.1) is 12.7 Å². The molecule has 116 valence electrons. The van der Waals surface area contributed by atoms with Crippen LogP contribution in [0.3, 0.4) is 0 Å². The fourth-order valence-corrected chi connectivity index (χ4v) is 3.09. The number of nitrogens with two attached hydrogens (primary N) is 1. The molecular weight excluding hydrogens is 287 g/mol. The van der Waals surface area contributed by atoms with Crippen LogP contribution in [0.15, 0.2) is 24.5 Å². The molecule has 1 fully saturated rings. The zero-order valence-electron chi connectivity index (χ0n) is 12.2. The number of hydrogen-bond acceptors (Lipinski definition) is 4. The number of carbonyl (C=O) groups is 1. The largest absolute Gasteiger partial charge is 0.351 e. The van der Waals surface area contributed by atoms with Gasteiger partial charge in [-0.05, 0) is 53.5 Å². The third-order valence-electron chi connectivity index (χ3n) is 4.19. The number of hydrogen-bond donors (Lipinski definition) is 1. The van der Waals surface area contributed by atoms with E-state index in [2.05, 4.69) is 15.5 Å². The first-order valence-electron chi connectivity index (χ1n) is 7.11. The van der Waals surface area contributed by atoms with E-state index >= 15 is 0 Å². The van der Waals surface area contributed by atoms with E-state index in [1.165, 1.54) is 12.1 Å². The first kappa shape index (κ1) is 14.4. The number of aromatic nitrogens is 4. The standard InChI is InChI=1S/C14H17FN6O/c1-9-6-10(15)2-3-12(9)13-7-11(21-8-17-18-19-21)4-5-20(13)14(16)22/h2-3,6,8,11,13H,4-5,7H2,1H3,(H2,16,22). The van der Waals surface area contributed by atoms with Crippen LogP contribution in [0.5, 0.6) is 0 Å². The smallest absolute Gasteiger partial charge is 0.315 e. The van der Waals surface area contributed by atoms with Crippen molar-refractivity contribution in [2.24, 2.45) is 5.73 Å². The molecule has 22 heavy (non-hydrogen) atoms. The van der Waals surface area contributed by atoms with Crippen molar-refractivity contribution in [2.45, 2.75) is 31.8 Å². The predicted octanol–water partition coefficient (Wildman–Crippen LogP) is 1.58. The number of rotatable bonds is 2. The van der Waals surface area contributed by atoms with Gasteiger partial charge in [-0.3, -0.25) is 0 Å². The van der Waals surface area contributed by atoms with Crippen molar-refractivity contribution < 1.29 is 9.18 Å². The lowest BCUT2D eigenvalue weighted by molar-refractivity contribution is 0.131. The van der Waals surface area contributed by atoms with Crippen molar-refractivity contribution in [1.82, 2.24) is 25.1 Å². The van der Waals surface area contributed by atoms with Crippen LogP contribution >= 0.6 is 0 Å². The highest BCUT2D eigenvalue weighted by molar-refractivity contribution is 5.73. The summed E-state index contributed by atoms with van der Waals surface area (Å²) in [5.41, 5.74) is 7.21. The molecule has 0 bridgehead atoms. The highest BCUT2D eigenvalue weighted by Crippen LogP contribution is 2.37. The third kappa shape index (κ3) is 2.63. The number of benzene rings is 1. The van der Waals surface area contributed by atoms with Gasteiger partial charge in [0, 0.05) is 6.54 Å². The molecule has 2 aromatic rings. The topological polar surface area (TPSA) is 89.9 Å². The number of primary amides is 1. The van der Waals surface area contributed by atoms with Crippen molar-refractivity contribution in [2.75, 3.05) is 6.54 Å². The van der Waals surface area contributed by atoms with Gasteiger partial charge in [-0.1, -0.05) is 6.07 Å². The number of halogens is 1. The number of tetrazole rings is 1. The second-order valence-corrected chi connectivity index (χ2v) is 5.52. The molecule has 1 aliphatic rings. The van der Waals surface area contributed by atoms with Crippen LogP contribution in [0.25, 0.3) is 0 Å². The highest BCUT2D eigenvalue weighted by atomic mass is 19.1. The van der Waals surface area contributed by atoms with Crippen molar-refractivity contribution in [1.29, 1.82) is 0 Å². The molecule has 0 radical (unpaired) electrons. The van der Waals surface area contributed by atoms with E-state index < -0.39 is 6.03 Å². The minimum Gasteiger partial charge on any atom is -0.351 e. The molecule has 2 unspecified atom stereocenters. The van der Waals surface area contributed by atoms with Crippen LogP contribution < -0.4 is 5.73 Å². The summed E-state index contributed by atoms with van der Waals surface area (Å²) in [6, 6.07) is 4.00. The van der Waals surface area contributed by atoms with E-state index in [9.17, 15) is 9.18 Å². The lowest BCUT2D eigenvalue weighted by atomic mass is 9.89. The van der Waals surface area contributed by atoms with Gasteiger partial charge in [0.15, 0.2) is 0 Å². The van der Waals surface area contributed by atoms with Gasteiger partial charge in [-0.25, -0.2) is 13.9 Å². The van der Waals surface area contributed by atoms with Crippen LogP contribution in [-0.4, -0.2) is 37.7 Å². The fourth-order valence-electron chi connectivity index (χ4n) is 3.09. The Hall–Kier alpha value is -2.51. The summed E-state index contributed by atoms with van der Waals surface area (Å²) in [6.45, 7) is 2.35. The Kier molecular flexibility index (Phi) is 3.74. The quantitative estimate of drug-likeness (QED) is 0.912. The Balaban J connectivity index is 1.93. The minimum absolute atomic E-state index is 0.0834. The Morgan fingerprint density at radius 3 is 2.91 bits per heavy atom.